The first kappa shape index (κ1) is 16.4. The number of nitrogens with one attached hydrogen (secondary N) is 3. The van der Waals surface area contributed by atoms with Crippen molar-refractivity contribution in [3.63, 3.8) is 0 Å². The van der Waals surface area contributed by atoms with Gasteiger partial charge in [-0.05, 0) is 42.5 Å². The highest BCUT2D eigenvalue weighted by Crippen LogP contribution is 2.29. The number of benzene rings is 2. The zero-order chi connectivity index (χ0) is 17.9. The van der Waals surface area contributed by atoms with Crippen LogP contribution in [0, 0.1) is 5.82 Å². The summed E-state index contributed by atoms with van der Waals surface area (Å²) in [6.45, 7) is 0.641. The van der Waals surface area contributed by atoms with Gasteiger partial charge in [0.05, 0.1) is 29.1 Å². The van der Waals surface area contributed by atoms with Gasteiger partial charge in [0.2, 0.25) is 0 Å². The van der Waals surface area contributed by atoms with Crippen molar-refractivity contribution in [2.24, 2.45) is 0 Å². The fourth-order valence-electron chi connectivity index (χ4n) is 2.67. The minimum absolute atomic E-state index is 0.0790. The third kappa shape index (κ3) is 3.45. The lowest BCUT2D eigenvalue weighted by Gasteiger charge is -2.12. The molecule has 0 atom stereocenters. The molecule has 4 aromatic rings. The molecule has 2 aromatic heterocycles. The number of imidazole rings is 1. The number of nitrogens with zero attached hydrogens (tertiary/aromatic N) is 2. The van der Waals surface area contributed by atoms with Gasteiger partial charge in [-0.15, -0.1) is 0 Å². The number of halogens is 2. The van der Waals surface area contributed by atoms with Crippen molar-refractivity contribution in [1.29, 1.82) is 0 Å². The van der Waals surface area contributed by atoms with E-state index in [0.717, 1.165) is 28.0 Å². The fraction of sp³-hybridized carbons (Fsp3) is 0.0526. The first-order valence-electron chi connectivity index (χ1n) is 8.01. The summed E-state index contributed by atoms with van der Waals surface area (Å²) in [7, 11) is 0. The Morgan fingerprint density at radius 2 is 1.96 bits per heavy atom. The number of anilines is 3. The second-order valence-electron chi connectivity index (χ2n) is 5.77. The Kier molecular flexibility index (Phi) is 4.41. The van der Waals surface area contributed by atoms with Crippen LogP contribution in [0.3, 0.4) is 0 Å². The molecule has 0 aliphatic carbocycles. The second-order valence-corrected chi connectivity index (χ2v) is 6.18. The average Bonchev–Trinajstić information content (AvgIpc) is 3.17. The SMILES string of the molecule is Fc1ccc(Nc2ccnc3ccc(NCc4cnc[nH]4)cc23)cc1Cl. The van der Waals surface area contributed by atoms with E-state index in [4.69, 9.17) is 11.6 Å². The lowest BCUT2D eigenvalue weighted by molar-refractivity contribution is 0.628. The number of hydrogen-bond donors (Lipinski definition) is 3. The van der Waals surface area contributed by atoms with E-state index in [2.05, 4.69) is 25.6 Å². The molecule has 7 heteroatoms. The number of aromatic amines is 1. The molecule has 0 radical (unpaired) electrons. The van der Waals surface area contributed by atoms with E-state index in [1.54, 1.807) is 30.9 Å². The minimum Gasteiger partial charge on any atom is -0.379 e. The van der Waals surface area contributed by atoms with Gasteiger partial charge >= 0.3 is 0 Å². The van der Waals surface area contributed by atoms with Crippen LogP contribution < -0.4 is 10.6 Å². The zero-order valence-electron chi connectivity index (χ0n) is 13.6. The van der Waals surface area contributed by atoms with Gasteiger partial charge in [-0.1, -0.05) is 11.6 Å². The molecular weight excluding hydrogens is 353 g/mol. The van der Waals surface area contributed by atoms with Crippen molar-refractivity contribution >= 4 is 39.6 Å². The molecule has 0 saturated carbocycles. The molecule has 0 unspecified atom stereocenters. The summed E-state index contributed by atoms with van der Waals surface area (Å²) >= 11 is 5.87. The van der Waals surface area contributed by atoms with E-state index in [9.17, 15) is 4.39 Å². The van der Waals surface area contributed by atoms with E-state index in [1.165, 1.54) is 6.07 Å². The molecule has 2 heterocycles. The molecule has 0 aliphatic heterocycles. The molecule has 0 amide bonds. The largest absolute Gasteiger partial charge is 0.379 e. The molecular formula is C19H15ClFN5. The maximum Gasteiger partial charge on any atom is 0.141 e. The van der Waals surface area contributed by atoms with Gasteiger partial charge in [-0.25, -0.2) is 9.37 Å². The smallest absolute Gasteiger partial charge is 0.141 e. The molecule has 2 aromatic carbocycles. The highest BCUT2D eigenvalue weighted by atomic mass is 35.5. The van der Waals surface area contributed by atoms with Crippen LogP contribution in [0.15, 0.2) is 61.2 Å². The molecule has 0 aliphatic rings. The van der Waals surface area contributed by atoms with Crippen LogP contribution in [0.25, 0.3) is 10.9 Å². The number of H-pyrrole nitrogens is 1. The van der Waals surface area contributed by atoms with Crippen molar-refractivity contribution in [3.8, 4) is 0 Å². The monoisotopic (exact) mass is 367 g/mol. The van der Waals surface area contributed by atoms with Gasteiger partial charge < -0.3 is 15.6 Å². The molecule has 0 fully saturated rings. The van der Waals surface area contributed by atoms with Crippen LogP contribution in [-0.2, 0) is 6.54 Å². The first-order chi connectivity index (χ1) is 12.7. The molecule has 130 valence electrons. The van der Waals surface area contributed by atoms with Crippen LogP contribution in [-0.4, -0.2) is 15.0 Å². The molecule has 26 heavy (non-hydrogen) atoms. The van der Waals surface area contributed by atoms with Crippen LogP contribution >= 0.6 is 11.6 Å². The van der Waals surface area contributed by atoms with Crippen LogP contribution in [0.5, 0.6) is 0 Å². The molecule has 3 N–H and O–H groups in total. The van der Waals surface area contributed by atoms with Crippen LogP contribution in [0.2, 0.25) is 5.02 Å². The fourth-order valence-corrected chi connectivity index (χ4v) is 2.85. The van der Waals surface area contributed by atoms with Gasteiger partial charge in [0.1, 0.15) is 5.82 Å². The molecule has 5 nitrogen and oxygen atoms in total. The topological polar surface area (TPSA) is 65.6 Å². The summed E-state index contributed by atoms with van der Waals surface area (Å²) in [6, 6.07) is 12.4. The molecule has 4 rings (SSSR count). The van der Waals surface area contributed by atoms with Crippen molar-refractivity contribution in [2.75, 3.05) is 10.6 Å². The van der Waals surface area contributed by atoms with Crippen molar-refractivity contribution < 1.29 is 4.39 Å². The highest BCUT2D eigenvalue weighted by molar-refractivity contribution is 6.31. The molecule has 0 bridgehead atoms. The molecule has 0 spiro atoms. The zero-order valence-corrected chi connectivity index (χ0v) is 14.4. The van der Waals surface area contributed by atoms with E-state index in [-0.39, 0.29) is 5.02 Å². The summed E-state index contributed by atoms with van der Waals surface area (Å²) in [6.07, 6.45) is 5.16. The van der Waals surface area contributed by atoms with Crippen molar-refractivity contribution in [2.45, 2.75) is 6.54 Å². The average molecular weight is 368 g/mol. The Morgan fingerprint density at radius 3 is 2.77 bits per heavy atom. The standard InChI is InChI=1S/C19H15ClFN5/c20-16-8-13(1-3-17(16)21)26-19-5-6-23-18-4-2-12(7-15(18)19)24-10-14-9-22-11-25-14/h1-9,11,24H,10H2,(H,22,25)(H,23,26). The summed E-state index contributed by atoms with van der Waals surface area (Å²) < 4.78 is 13.4. The highest BCUT2D eigenvalue weighted by Gasteiger charge is 2.06. The van der Waals surface area contributed by atoms with Gasteiger partial charge in [0, 0.05) is 34.8 Å². The predicted octanol–water partition coefficient (Wildman–Crippen LogP) is 5.11. The minimum atomic E-state index is -0.443. The molecule has 0 saturated heterocycles. The Morgan fingerprint density at radius 1 is 1.08 bits per heavy atom. The number of rotatable bonds is 5. The Balaban J connectivity index is 1.63. The number of aromatic nitrogens is 3. The number of fused-ring (bicyclic) bond motifs is 1. The Hall–Kier alpha value is -3.12. The Labute approximate surface area is 154 Å². The number of pyridine rings is 1. The van der Waals surface area contributed by atoms with Crippen molar-refractivity contribution in [1.82, 2.24) is 15.0 Å². The first-order valence-corrected chi connectivity index (χ1v) is 8.39. The third-order valence-corrected chi connectivity index (χ3v) is 4.27. The van der Waals surface area contributed by atoms with E-state index >= 15 is 0 Å². The maximum absolute atomic E-state index is 13.4. The lowest BCUT2D eigenvalue weighted by atomic mass is 10.1. The van der Waals surface area contributed by atoms with Gasteiger partial charge in [-0.3, -0.25) is 4.98 Å². The quantitative estimate of drug-likeness (QED) is 0.459. The summed E-state index contributed by atoms with van der Waals surface area (Å²) in [4.78, 5) is 11.5. The third-order valence-electron chi connectivity index (χ3n) is 3.98. The summed E-state index contributed by atoms with van der Waals surface area (Å²) in [5, 5.41) is 7.65. The Bertz CT molecular complexity index is 1050. The van der Waals surface area contributed by atoms with E-state index in [0.29, 0.717) is 12.2 Å². The normalized spacial score (nSPS) is 10.8. The predicted molar refractivity (Wildman–Crippen MR) is 102 cm³/mol. The van der Waals surface area contributed by atoms with Crippen molar-refractivity contribution in [3.05, 3.63) is 77.7 Å². The van der Waals surface area contributed by atoms with Gasteiger partial charge in [-0.2, -0.15) is 0 Å². The van der Waals surface area contributed by atoms with Gasteiger partial charge in [0.25, 0.3) is 0 Å². The number of hydrogen-bond acceptors (Lipinski definition) is 4. The second kappa shape index (κ2) is 7.01. The van der Waals surface area contributed by atoms with Crippen LogP contribution in [0.4, 0.5) is 21.5 Å². The summed E-state index contributed by atoms with van der Waals surface area (Å²) in [5.41, 5.74) is 4.38. The van der Waals surface area contributed by atoms with E-state index < -0.39 is 5.82 Å². The maximum atomic E-state index is 13.4. The van der Waals surface area contributed by atoms with E-state index in [1.807, 2.05) is 24.3 Å². The summed E-state index contributed by atoms with van der Waals surface area (Å²) in [5.74, 6) is -0.443. The lowest BCUT2D eigenvalue weighted by Crippen LogP contribution is -2.00. The van der Waals surface area contributed by atoms with Gasteiger partial charge in [0.15, 0.2) is 0 Å². The van der Waals surface area contributed by atoms with Crippen LogP contribution in [0.1, 0.15) is 5.69 Å².